The molecule has 2 aromatic rings. The highest BCUT2D eigenvalue weighted by Gasteiger charge is 2.38. The first-order valence-corrected chi connectivity index (χ1v) is 10.3. The first-order chi connectivity index (χ1) is 14.7. The summed E-state index contributed by atoms with van der Waals surface area (Å²) in [6.07, 6.45) is -1.20. The Morgan fingerprint density at radius 3 is 2.55 bits per heavy atom. The van der Waals surface area contributed by atoms with E-state index in [9.17, 15) is 22.8 Å². The number of hydrogen-bond acceptors (Lipinski definition) is 5. The molecule has 1 saturated heterocycles. The molecule has 164 valence electrons. The lowest BCUT2D eigenvalue weighted by molar-refractivity contribution is -0.137. The van der Waals surface area contributed by atoms with E-state index in [0.717, 1.165) is 35.9 Å². The van der Waals surface area contributed by atoms with Crippen molar-refractivity contribution in [3.63, 3.8) is 0 Å². The average Bonchev–Trinajstić information content (AvgIpc) is 3.01. The molecule has 3 rings (SSSR count). The Kier molecular flexibility index (Phi) is 6.94. The molecular weight excluding hydrogens is 431 g/mol. The predicted octanol–water partition coefficient (Wildman–Crippen LogP) is 6.13. The molecule has 1 aliphatic rings. The van der Waals surface area contributed by atoms with Gasteiger partial charge in [0.2, 0.25) is 0 Å². The van der Waals surface area contributed by atoms with Crippen molar-refractivity contribution >= 4 is 34.7 Å². The standard InChI is InChI=1S/C22H20F3NO4S/c1-3-4-10-30-17-9-8-14(11-18(17)29-2)12-19-20(27)26(21(28)31-19)16-7-5-6-15(13-16)22(23,24)25/h5-9,11-13H,3-4,10H2,1-2H3/b19-12-. The van der Waals surface area contributed by atoms with Gasteiger partial charge >= 0.3 is 6.18 Å². The number of hydrogen-bond donors (Lipinski definition) is 0. The van der Waals surface area contributed by atoms with Crippen molar-refractivity contribution < 1.29 is 32.2 Å². The third kappa shape index (κ3) is 5.22. The van der Waals surface area contributed by atoms with E-state index in [4.69, 9.17) is 9.47 Å². The van der Waals surface area contributed by atoms with Crippen molar-refractivity contribution in [2.45, 2.75) is 25.9 Å². The highest BCUT2D eigenvalue weighted by molar-refractivity contribution is 8.19. The van der Waals surface area contributed by atoms with E-state index in [0.29, 0.717) is 35.4 Å². The van der Waals surface area contributed by atoms with Gasteiger partial charge in [0, 0.05) is 0 Å². The first-order valence-electron chi connectivity index (χ1n) is 9.50. The molecule has 0 aromatic heterocycles. The molecule has 2 amide bonds. The average molecular weight is 451 g/mol. The summed E-state index contributed by atoms with van der Waals surface area (Å²) in [5.41, 5.74) is -0.469. The molecule has 0 atom stereocenters. The normalized spacial score (nSPS) is 15.6. The number of alkyl halides is 3. The molecule has 0 radical (unpaired) electrons. The van der Waals surface area contributed by atoms with Crippen LogP contribution in [0.2, 0.25) is 0 Å². The highest BCUT2D eigenvalue weighted by Crippen LogP contribution is 2.39. The number of methoxy groups -OCH3 is 1. The van der Waals surface area contributed by atoms with Crippen molar-refractivity contribution in [1.82, 2.24) is 0 Å². The molecule has 1 heterocycles. The second-order valence-electron chi connectivity index (χ2n) is 6.68. The number of halogens is 3. The van der Waals surface area contributed by atoms with Gasteiger partial charge < -0.3 is 9.47 Å². The fraction of sp³-hybridized carbons (Fsp3) is 0.273. The number of anilines is 1. The van der Waals surface area contributed by atoms with Crippen molar-refractivity contribution in [3.8, 4) is 11.5 Å². The first kappa shape index (κ1) is 22.7. The van der Waals surface area contributed by atoms with Gasteiger partial charge in [-0.15, -0.1) is 0 Å². The number of carbonyl (C=O) groups is 2. The zero-order chi connectivity index (χ0) is 22.6. The number of carbonyl (C=O) groups excluding carboxylic acids is 2. The van der Waals surface area contributed by atoms with E-state index in [1.807, 2.05) is 0 Å². The van der Waals surface area contributed by atoms with Crippen LogP contribution in [0, 0.1) is 0 Å². The zero-order valence-corrected chi connectivity index (χ0v) is 17.7. The summed E-state index contributed by atoms with van der Waals surface area (Å²) in [7, 11) is 1.49. The van der Waals surface area contributed by atoms with Crippen LogP contribution >= 0.6 is 11.8 Å². The van der Waals surface area contributed by atoms with Crippen LogP contribution in [0.3, 0.4) is 0 Å². The second-order valence-corrected chi connectivity index (χ2v) is 7.67. The Bertz CT molecular complexity index is 1020. The van der Waals surface area contributed by atoms with Crippen molar-refractivity contribution in [2.75, 3.05) is 18.6 Å². The molecule has 0 unspecified atom stereocenters. The minimum Gasteiger partial charge on any atom is -0.493 e. The highest BCUT2D eigenvalue weighted by atomic mass is 32.2. The van der Waals surface area contributed by atoms with E-state index in [-0.39, 0.29) is 10.6 Å². The third-order valence-corrected chi connectivity index (χ3v) is 5.34. The predicted molar refractivity (Wildman–Crippen MR) is 113 cm³/mol. The molecule has 1 aliphatic heterocycles. The lowest BCUT2D eigenvalue weighted by Crippen LogP contribution is -2.28. The quantitative estimate of drug-likeness (QED) is 0.374. The van der Waals surface area contributed by atoms with E-state index in [1.165, 1.54) is 19.3 Å². The molecule has 0 spiro atoms. The maximum atomic E-state index is 13.0. The Balaban J connectivity index is 1.85. The maximum absolute atomic E-state index is 13.0. The van der Waals surface area contributed by atoms with Crippen LogP contribution in [0.1, 0.15) is 30.9 Å². The second kappa shape index (κ2) is 9.47. The summed E-state index contributed by atoms with van der Waals surface area (Å²) in [6.45, 7) is 2.60. The zero-order valence-electron chi connectivity index (χ0n) is 16.9. The lowest BCUT2D eigenvalue weighted by atomic mass is 10.1. The molecule has 9 heteroatoms. The molecule has 0 aliphatic carbocycles. The number of ether oxygens (including phenoxy) is 2. The molecule has 31 heavy (non-hydrogen) atoms. The largest absolute Gasteiger partial charge is 0.493 e. The summed E-state index contributed by atoms with van der Waals surface area (Å²) in [5.74, 6) is 0.351. The summed E-state index contributed by atoms with van der Waals surface area (Å²) in [4.78, 5) is 26.0. The molecule has 1 fully saturated rings. The van der Waals surface area contributed by atoms with E-state index in [1.54, 1.807) is 18.2 Å². The van der Waals surface area contributed by atoms with Crippen molar-refractivity contribution in [3.05, 3.63) is 58.5 Å². The molecule has 5 nitrogen and oxygen atoms in total. The Labute approximate surface area is 181 Å². The van der Waals surface area contributed by atoms with Gasteiger partial charge in [-0.2, -0.15) is 13.2 Å². The summed E-state index contributed by atoms with van der Waals surface area (Å²) in [5, 5.41) is -0.665. The van der Waals surface area contributed by atoms with Crippen LogP contribution in [0.25, 0.3) is 6.08 Å². The van der Waals surface area contributed by atoms with E-state index < -0.39 is 22.9 Å². The lowest BCUT2D eigenvalue weighted by Gasteiger charge is -2.15. The van der Waals surface area contributed by atoms with Crippen LogP contribution in [0.15, 0.2) is 47.4 Å². The summed E-state index contributed by atoms with van der Waals surface area (Å²) >= 11 is 0.665. The SMILES string of the molecule is CCCCOc1ccc(/C=C2\SC(=O)N(c3cccc(C(F)(F)F)c3)C2=O)cc1OC. The molecule has 0 N–H and O–H groups in total. The minimum absolute atomic E-state index is 0.101. The Morgan fingerprint density at radius 1 is 1.10 bits per heavy atom. The number of amides is 2. The van der Waals surface area contributed by atoms with Gasteiger partial charge in [0.1, 0.15) is 0 Å². The van der Waals surface area contributed by atoms with Crippen molar-refractivity contribution in [2.24, 2.45) is 0 Å². The maximum Gasteiger partial charge on any atom is 0.416 e. The Morgan fingerprint density at radius 2 is 1.87 bits per heavy atom. The topological polar surface area (TPSA) is 55.8 Å². The number of nitrogens with zero attached hydrogens (tertiary/aromatic N) is 1. The fourth-order valence-corrected chi connectivity index (χ4v) is 3.72. The number of benzene rings is 2. The number of imide groups is 1. The van der Waals surface area contributed by atoms with Crippen LogP contribution in [-0.4, -0.2) is 24.9 Å². The summed E-state index contributed by atoms with van der Waals surface area (Å²) < 4.78 is 50.0. The molecule has 0 saturated carbocycles. The number of unbranched alkanes of at least 4 members (excludes halogenated alkanes) is 1. The van der Waals surface area contributed by atoms with Gasteiger partial charge in [-0.1, -0.05) is 25.5 Å². The van der Waals surface area contributed by atoms with Gasteiger partial charge in [0.25, 0.3) is 11.1 Å². The van der Waals surface area contributed by atoms with Gasteiger partial charge in [-0.3, -0.25) is 9.59 Å². The van der Waals surface area contributed by atoms with E-state index in [2.05, 4.69) is 6.92 Å². The van der Waals surface area contributed by atoms with Gasteiger partial charge in [-0.05, 0) is 60.2 Å². The molecule has 2 aromatic carbocycles. The van der Waals surface area contributed by atoms with Gasteiger partial charge in [-0.25, -0.2) is 4.90 Å². The molecular formula is C22H20F3NO4S. The van der Waals surface area contributed by atoms with Crippen molar-refractivity contribution in [1.29, 1.82) is 0 Å². The van der Waals surface area contributed by atoms with Crippen LogP contribution < -0.4 is 14.4 Å². The van der Waals surface area contributed by atoms with Crippen LogP contribution in [0.4, 0.5) is 23.7 Å². The van der Waals surface area contributed by atoms with Gasteiger partial charge in [0.15, 0.2) is 11.5 Å². The Hall–Kier alpha value is -2.94. The number of rotatable bonds is 7. The monoisotopic (exact) mass is 451 g/mol. The van der Waals surface area contributed by atoms with Crippen LogP contribution in [0.5, 0.6) is 11.5 Å². The smallest absolute Gasteiger partial charge is 0.416 e. The van der Waals surface area contributed by atoms with Crippen LogP contribution in [-0.2, 0) is 11.0 Å². The van der Waals surface area contributed by atoms with E-state index >= 15 is 0 Å². The minimum atomic E-state index is -4.58. The number of thioether (sulfide) groups is 1. The fourth-order valence-electron chi connectivity index (χ4n) is 2.88. The third-order valence-electron chi connectivity index (χ3n) is 4.47. The molecule has 0 bridgehead atoms. The van der Waals surface area contributed by atoms with Gasteiger partial charge in [0.05, 0.1) is 29.9 Å². The summed E-state index contributed by atoms with van der Waals surface area (Å²) in [6, 6.07) is 9.20.